The van der Waals surface area contributed by atoms with E-state index in [0.29, 0.717) is 38.5 Å². The van der Waals surface area contributed by atoms with Gasteiger partial charge in [0.1, 0.15) is 6.04 Å². The molecule has 0 saturated carbocycles. The van der Waals surface area contributed by atoms with E-state index in [1.807, 2.05) is 18.2 Å². The number of carbonyl (C=O) groups is 2. The van der Waals surface area contributed by atoms with Gasteiger partial charge in [-0.05, 0) is 36.4 Å². The van der Waals surface area contributed by atoms with E-state index < -0.39 is 23.5 Å². The number of aromatic nitrogens is 3. The van der Waals surface area contributed by atoms with Crippen LogP contribution in [0.1, 0.15) is 22.3 Å². The summed E-state index contributed by atoms with van der Waals surface area (Å²) >= 11 is 6.16. The summed E-state index contributed by atoms with van der Waals surface area (Å²) in [6.45, 7) is 0. The molecule has 178 valence electrons. The van der Waals surface area contributed by atoms with Crippen molar-refractivity contribution in [1.29, 1.82) is 0 Å². The smallest absolute Gasteiger partial charge is 0.296 e. The number of aliphatic hydroxyl groups is 1. The number of nitrogens with one attached hydrogen (secondary N) is 1. The maximum atomic E-state index is 13.8. The van der Waals surface area contributed by atoms with Crippen molar-refractivity contribution in [3.05, 3.63) is 94.7 Å². The summed E-state index contributed by atoms with van der Waals surface area (Å²) in [5.41, 5.74) is 1.83. The number of halogens is 1. The van der Waals surface area contributed by atoms with Crippen LogP contribution in [0.25, 0.3) is 22.0 Å². The number of ketones is 1. The predicted octanol–water partition coefficient (Wildman–Crippen LogP) is 5.15. The summed E-state index contributed by atoms with van der Waals surface area (Å²) in [5, 5.41) is 11.9. The maximum absolute atomic E-state index is 13.8. The van der Waals surface area contributed by atoms with Gasteiger partial charge in [0, 0.05) is 22.7 Å². The average molecular weight is 501 g/mol. The van der Waals surface area contributed by atoms with Crippen LogP contribution in [0, 0.1) is 0 Å². The summed E-state index contributed by atoms with van der Waals surface area (Å²) in [4.78, 5) is 40.3. The van der Waals surface area contributed by atoms with Crippen LogP contribution < -0.4 is 9.64 Å². The molecule has 10 heteroatoms. The van der Waals surface area contributed by atoms with Gasteiger partial charge >= 0.3 is 0 Å². The zero-order valence-corrected chi connectivity index (χ0v) is 19.5. The Kier molecular flexibility index (Phi) is 5.01. The number of Topliss-reactive ketones (excluding diaryl/α,β-unsaturated/α-hetero) is 1. The summed E-state index contributed by atoms with van der Waals surface area (Å²) in [7, 11) is 1.46. The number of imidazole rings is 1. The van der Waals surface area contributed by atoms with Crippen molar-refractivity contribution in [2.24, 2.45) is 0 Å². The van der Waals surface area contributed by atoms with Crippen LogP contribution in [0.5, 0.6) is 5.75 Å². The van der Waals surface area contributed by atoms with E-state index >= 15 is 0 Å². The van der Waals surface area contributed by atoms with Gasteiger partial charge in [0.05, 0.1) is 29.4 Å². The van der Waals surface area contributed by atoms with Crippen molar-refractivity contribution >= 4 is 51.2 Å². The third kappa shape index (κ3) is 3.32. The molecule has 0 radical (unpaired) electrons. The monoisotopic (exact) mass is 500 g/mol. The highest BCUT2D eigenvalue weighted by atomic mass is 35.5. The molecule has 1 aliphatic heterocycles. The van der Waals surface area contributed by atoms with Crippen LogP contribution in [-0.2, 0) is 4.79 Å². The van der Waals surface area contributed by atoms with E-state index in [9.17, 15) is 14.7 Å². The van der Waals surface area contributed by atoms with E-state index in [2.05, 4.69) is 15.0 Å². The quantitative estimate of drug-likeness (QED) is 0.320. The highest BCUT2D eigenvalue weighted by molar-refractivity contribution is 6.31. The van der Waals surface area contributed by atoms with Gasteiger partial charge in [-0.3, -0.25) is 19.5 Å². The van der Waals surface area contributed by atoms with Gasteiger partial charge in [-0.2, -0.15) is 0 Å². The highest BCUT2D eigenvalue weighted by Crippen LogP contribution is 2.42. The lowest BCUT2D eigenvalue weighted by Crippen LogP contribution is -2.32. The molecule has 5 aromatic rings. The van der Waals surface area contributed by atoms with Gasteiger partial charge < -0.3 is 19.2 Å². The molecule has 2 aromatic carbocycles. The van der Waals surface area contributed by atoms with Crippen LogP contribution >= 0.6 is 11.6 Å². The first-order valence-corrected chi connectivity index (χ1v) is 11.3. The summed E-state index contributed by atoms with van der Waals surface area (Å²) in [6.07, 6.45) is 1.54. The number of carbonyl (C=O) groups excluding carboxylic acids is 2. The second kappa shape index (κ2) is 8.24. The molecule has 36 heavy (non-hydrogen) atoms. The lowest BCUT2D eigenvalue weighted by atomic mass is 9.98. The molecule has 0 fully saturated rings. The number of benzene rings is 2. The molecule has 0 bridgehead atoms. The van der Waals surface area contributed by atoms with Crippen molar-refractivity contribution in [1.82, 2.24) is 15.0 Å². The molecule has 0 aliphatic carbocycles. The number of furan rings is 1. The Bertz CT molecular complexity index is 1670. The molecular formula is C26H17ClN4O5. The second-order valence-corrected chi connectivity index (χ2v) is 8.57. The number of hydrogen-bond donors (Lipinski definition) is 2. The van der Waals surface area contributed by atoms with E-state index in [-0.39, 0.29) is 17.3 Å². The fourth-order valence-corrected chi connectivity index (χ4v) is 4.63. The first kappa shape index (κ1) is 21.9. The van der Waals surface area contributed by atoms with Crippen LogP contribution in [0.4, 0.5) is 5.95 Å². The number of ether oxygens (including phenoxy) is 1. The Morgan fingerprint density at radius 1 is 1.17 bits per heavy atom. The van der Waals surface area contributed by atoms with Gasteiger partial charge in [0.15, 0.2) is 22.9 Å². The molecule has 0 saturated heterocycles. The number of para-hydroxylation sites is 2. The number of rotatable bonds is 5. The summed E-state index contributed by atoms with van der Waals surface area (Å²) < 4.78 is 11.1. The van der Waals surface area contributed by atoms with Crippen LogP contribution in [-0.4, -0.2) is 38.9 Å². The molecule has 6 rings (SSSR count). The zero-order valence-electron chi connectivity index (χ0n) is 18.7. The number of amides is 1. The number of hydrogen-bond acceptors (Lipinski definition) is 7. The number of aromatic amines is 1. The van der Waals surface area contributed by atoms with E-state index in [4.69, 9.17) is 20.8 Å². The SMILES string of the molecule is COc1cc(Cl)cc2cc(C(=O)C3=C(O)C(=O)N(c4nc5ccccc5[nH]4)C3c3ccccn3)oc12. The fraction of sp³-hybridized carbons (Fsp3) is 0.0769. The minimum Gasteiger partial charge on any atom is -0.503 e. The molecule has 1 atom stereocenters. The number of methoxy groups -OCH3 is 1. The van der Waals surface area contributed by atoms with Crippen molar-refractivity contribution in [3.8, 4) is 5.75 Å². The topological polar surface area (TPSA) is 122 Å². The molecule has 3 aromatic heterocycles. The van der Waals surface area contributed by atoms with Gasteiger partial charge in [-0.15, -0.1) is 0 Å². The third-order valence-electron chi connectivity index (χ3n) is 6.02. The first-order valence-electron chi connectivity index (χ1n) is 10.9. The third-order valence-corrected chi connectivity index (χ3v) is 6.23. The Hall–Kier alpha value is -4.63. The first-order chi connectivity index (χ1) is 17.5. The molecule has 1 aliphatic rings. The molecular weight excluding hydrogens is 484 g/mol. The normalized spacial score (nSPS) is 15.9. The Morgan fingerprint density at radius 2 is 1.97 bits per heavy atom. The number of H-pyrrole nitrogens is 1. The van der Waals surface area contributed by atoms with Crippen molar-refractivity contribution in [2.45, 2.75) is 6.04 Å². The minimum absolute atomic E-state index is 0.0905. The van der Waals surface area contributed by atoms with Crippen molar-refractivity contribution < 1.29 is 23.8 Å². The van der Waals surface area contributed by atoms with E-state index in [1.54, 1.807) is 42.6 Å². The molecule has 9 nitrogen and oxygen atoms in total. The maximum Gasteiger partial charge on any atom is 0.296 e. The van der Waals surface area contributed by atoms with Gasteiger partial charge in [-0.25, -0.2) is 4.98 Å². The minimum atomic E-state index is -1.05. The van der Waals surface area contributed by atoms with Crippen molar-refractivity contribution in [2.75, 3.05) is 12.0 Å². The molecule has 1 amide bonds. The van der Waals surface area contributed by atoms with E-state index in [0.717, 1.165) is 0 Å². The molecule has 2 N–H and O–H groups in total. The molecule has 1 unspecified atom stereocenters. The number of pyridine rings is 1. The zero-order chi connectivity index (χ0) is 25.0. The standard InChI is InChI=1S/C26H17ClN4O5/c1-35-19-12-14(27)10-13-11-18(36-24(13)19)22(32)20-21(17-8-4-5-9-28-17)31(25(34)23(20)33)26-29-15-6-2-3-7-16(15)30-26/h2-12,21,33H,1H3,(H,29,30). The van der Waals surface area contributed by atoms with Gasteiger partial charge in [0.25, 0.3) is 5.91 Å². The summed E-state index contributed by atoms with van der Waals surface area (Å²) in [6, 6.07) is 16.0. The number of fused-ring (bicyclic) bond motifs is 2. The Labute approximate surface area is 208 Å². The number of anilines is 1. The Balaban J connectivity index is 1.50. The molecule has 4 heterocycles. The number of nitrogens with zero attached hydrogens (tertiary/aromatic N) is 3. The largest absolute Gasteiger partial charge is 0.503 e. The van der Waals surface area contributed by atoms with Crippen molar-refractivity contribution in [3.63, 3.8) is 0 Å². The lowest BCUT2D eigenvalue weighted by molar-refractivity contribution is -0.117. The lowest BCUT2D eigenvalue weighted by Gasteiger charge is -2.23. The number of aliphatic hydroxyl groups excluding tert-OH is 1. The van der Waals surface area contributed by atoms with E-state index in [1.165, 1.54) is 18.1 Å². The van der Waals surface area contributed by atoms with Crippen LogP contribution in [0.2, 0.25) is 5.02 Å². The van der Waals surface area contributed by atoms with Crippen LogP contribution in [0.3, 0.4) is 0 Å². The highest BCUT2D eigenvalue weighted by Gasteiger charge is 2.47. The summed E-state index contributed by atoms with van der Waals surface area (Å²) in [5.74, 6) is -1.74. The van der Waals surface area contributed by atoms with Crippen LogP contribution in [0.15, 0.2) is 82.6 Å². The van der Waals surface area contributed by atoms with Gasteiger partial charge in [-0.1, -0.05) is 29.8 Å². The second-order valence-electron chi connectivity index (χ2n) is 8.14. The Morgan fingerprint density at radius 3 is 2.72 bits per heavy atom. The average Bonchev–Trinajstić information content (AvgIpc) is 3.58. The predicted molar refractivity (Wildman–Crippen MR) is 132 cm³/mol. The fourth-order valence-electron chi connectivity index (χ4n) is 4.41. The van der Waals surface area contributed by atoms with Gasteiger partial charge in [0.2, 0.25) is 11.7 Å². The molecule has 0 spiro atoms.